The molecule has 116 valence electrons. The molecule has 1 saturated heterocycles. The van der Waals surface area contributed by atoms with Crippen LogP contribution in [0.5, 0.6) is 0 Å². The summed E-state index contributed by atoms with van der Waals surface area (Å²) in [5.41, 5.74) is 0.982. The summed E-state index contributed by atoms with van der Waals surface area (Å²) >= 11 is 12.3. The summed E-state index contributed by atoms with van der Waals surface area (Å²) in [6.45, 7) is 0. The number of nitrogens with zero attached hydrogens (tertiary/aromatic N) is 1. The molecule has 23 heavy (non-hydrogen) atoms. The summed E-state index contributed by atoms with van der Waals surface area (Å²) in [6.07, 6.45) is 1.60. The highest BCUT2D eigenvalue weighted by atomic mass is 35.5. The van der Waals surface area contributed by atoms with Crippen LogP contribution in [0.2, 0.25) is 10.0 Å². The molecule has 3 rings (SSSR count). The number of amides is 2. The number of benzene rings is 2. The van der Waals surface area contributed by atoms with Crippen LogP contribution in [0.3, 0.4) is 0 Å². The van der Waals surface area contributed by atoms with Crippen LogP contribution in [0.1, 0.15) is 5.56 Å². The lowest BCUT2D eigenvalue weighted by Crippen LogP contribution is -2.27. The van der Waals surface area contributed by atoms with Crippen molar-refractivity contribution in [1.29, 1.82) is 0 Å². The van der Waals surface area contributed by atoms with Gasteiger partial charge >= 0.3 is 0 Å². The van der Waals surface area contributed by atoms with Crippen LogP contribution in [0.15, 0.2) is 47.4 Å². The van der Waals surface area contributed by atoms with Crippen molar-refractivity contribution >= 4 is 57.9 Å². The number of halogens is 3. The number of anilines is 1. The van der Waals surface area contributed by atoms with Gasteiger partial charge in [0.05, 0.1) is 15.6 Å². The molecular weight excluding hydrogens is 360 g/mol. The van der Waals surface area contributed by atoms with Crippen LogP contribution in [0, 0.1) is 5.82 Å². The van der Waals surface area contributed by atoms with Crippen molar-refractivity contribution < 1.29 is 14.0 Å². The molecule has 0 aliphatic carbocycles. The van der Waals surface area contributed by atoms with E-state index in [0.717, 1.165) is 28.3 Å². The van der Waals surface area contributed by atoms with Crippen molar-refractivity contribution in [3.05, 3.63) is 68.8 Å². The largest absolute Gasteiger partial charge is 0.298 e. The number of thioether (sulfide) groups is 1. The van der Waals surface area contributed by atoms with Gasteiger partial charge in [-0.05, 0) is 53.7 Å². The summed E-state index contributed by atoms with van der Waals surface area (Å²) < 4.78 is 13.2. The van der Waals surface area contributed by atoms with Gasteiger partial charge in [-0.15, -0.1) is 0 Å². The lowest BCUT2D eigenvalue weighted by molar-refractivity contribution is -0.113. The number of hydrogen-bond acceptors (Lipinski definition) is 3. The predicted molar refractivity (Wildman–Crippen MR) is 91.3 cm³/mol. The minimum atomic E-state index is -0.612. The third-order valence-electron chi connectivity index (χ3n) is 3.12. The Morgan fingerprint density at radius 2 is 1.74 bits per heavy atom. The van der Waals surface area contributed by atoms with Crippen LogP contribution in [-0.2, 0) is 4.79 Å². The fourth-order valence-electron chi connectivity index (χ4n) is 2.02. The SMILES string of the molecule is O=C1S/C(=C\c2ccc(Cl)cc2)C(=O)N1c1ccc(F)c(Cl)c1. The smallest absolute Gasteiger partial charge is 0.268 e. The van der Waals surface area contributed by atoms with Crippen molar-refractivity contribution in [1.82, 2.24) is 0 Å². The molecule has 1 aliphatic heterocycles. The third-order valence-corrected chi connectivity index (χ3v) is 4.53. The third kappa shape index (κ3) is 3.27. The Kier molecular flexibility index (Phi) is 4.43. The molecule has 0 bridgehead atoms. The summed E-state index contributed by atoms with van der Waals surface area (Å²) in [6, 6.07) is 10.6. The van der Waals surface area contributed by atoms with Crippen LogP contribution in [0.4, 0.5) is 14.9 Å². The van der Waals surface area contributed by atoms with Crippen LogP contribution in [-0.4, -0.2) is 11.1 Å². The molecule has 2 amide bonds. The second-order valence-corrected chi connectivity index (χ2v) is 6.50. The Bertz CT molecular complexity index is 836. The van der Waals surface area contributed by atoms with Crippen LogP contribution < -0.4 is 4.90 Å². The van der Waals surface area contributed by atoms with E-state index < -0.39 is 17.0 Å². The maximum absolute atomic E-state index is 13.2. The van der Waals surface area contributed by atoms with Gasteiger partial charge in [-0.1, -0.05) is 35.3 Å². The molecule has 7 heteroatoms. The van der Waals surface area contributed by atoms with Crippen molar-refractivity contribution in [2.75, 3.05) is 4.90 Å². The van der Waals surface area contributed by atoms with Gasteiger partial charge in [0.25, 0.3) is 11.1 Å². The Hall–Kier alpha value is -1.82. The van der Waals surface area contributed by atoms with E-state index in [-0.39, 0.29) is 15.6 Å². The maximum Gasteiger partial charge on any atom is 0.298 e. The second kappa shape index (κ2) is 6.35. The monoisotopic (exact) mass is 367 g/mol. The van der Waals surface area contributed by atoms with E-state index in [1.54, 1.807) is 30.3 Å². The van der Waals surface area contributed by atoms with Crippen molar-refractivity contribution in [3.63, 3.8) is 0 Å². The van der Waals surface area contributed by atoms with Crippen molar-refractivity contribution in [3.8, 4) is 0 Å². The van der Waals surface area contributed by atoms with Crippen LogP contribution >= 0.6 is 35.0 Å². The Labute approximate surface area is 145 Å². The van der Waals surface area contributed by atoms with Gasteiger partial charge in [-0.2, -0.15) is 0 Å². The molecule has 2 aromatic rings. The fourth-order valence-corrected chi connectivity index (χ4v) is 3.17. The minimum absolute atomic E-state index is 0.150. The molecule has 0 radical (unpaired) electrons. The normalized spacial score (nSPS) is 16.5. The average Bonchev–Trinajstić information content (AvgIpc) is 2.79. The molecule has 1 fully saturated rings. The number of carbonyl (C=O) groups is 2. The summed E-state index contributed by atoms with van der Waals surface area (Å²) in [7, 11) is 0. The van der Waals surface area contributed by atoms with Gasteiger partial charge in [0.1, 0.15) is 5.82 Å². The highest BCUT2D eigenvalue weighted by Gasteiger charge is 2.36. The van der Waals surface area contributed by atoms with E-state index in [9.17, 15) is 14.0 Å². The molecule has 1 heterocycles. The zero-order chi connectivity index (χ0) is 16.6. The zero-order valence-corrected chi connectivity index (χ0v) is 13.8. The molecule has 0 spiro atoms. The fraction of sp³-hybridized carbons (Fsp3) is 0. The zero-order valence-electron chi connectivity index (χ0n) is 11.4. The Morgan fingerprint density at radius 1 is 1.04 bits per heavy atom. The van der Waals surface area contributed by atoms with E-state index in [1.807, 2.05) is 0 Å². The second-order valence-electron chi connectivity index (χ2n) is 4.67. The van der Waals surface area contributed by atoms with E-state index >= 15 is 0 Å². The lowest BCUT2D eigenvalue weighted by atomic mass is 10.2. The Balaban J connectivity index is 1.93. The van der Waals surface area contributed by atoms with E-state index in [4.69, 9.17) is 23.2 Å². The summed E-state index contributed by atoms with van der Waals surface area (Å²) in [5, 5.41) is -0.0303. The molecule has 0 aromatic heterocycles. The molecular formula is C16H8Cl2FNO2S. The Morgan fingerprint density at radius 3 is 2.39 bits per heavy atom. The summed E-state index contributed by atoms with van der Waals surface area (Å²) in [5.74, 6) is -1.09. The molecule has 2 aromatic carbocycles. The van der Waals surface area contributed by atoms with E-state index in [1.165, 1.54) is 12.1 Å². The molecule has 3 nitrogen and oxygen atoms in total. The molecule has 0 saturated carbocycles. The first-order valence-corrected chi connectivity index (χ1v) is 8.01. The lowest BCUT2D eigenvalue weighted by Gasteiger charge is -2.12. The summed E-state index contributed by atoms with van der Waals surface area (Å²) in [4.78, 5) is 25.8. The first kappa shape index (κ1) is 16.1. The van der Waals surface area contributed by atoms with Gasteiger partial charge < -0.3 is 0 Å². The number of imide groups is 1. The average molecular weight is 368 g/mol. The van der Waals surface area contributed by atoms with Gasteiger partial charge in [0.15, 0.2) is 0 Å². The molecule has 1 aliphatic rings. The van der Waals surface area contributed by atoms with E-state index in [2.05, 4.69) is 0 Å². The highest BCUT2D eigenvalue weighted by molar-refractivity contribution is 8.19. The van der Waals surface area contributed by atoms with Crippen LogP contribution in [0.25, 0.3) is 6.08 Å². The molecule has 0 N–H and O–H groups in total. The number of hydrogen-bond donors (Lipinski definition) is 0. The molecule has 0 unspecified atom stereocenters. The van der Waals surface area contributed by atoms with Gasteiger partial charge in [0.2, 0.25) is 0 Å². The predicted octanol–water partition coefficient (Wildman–Crippen LogP) is 5.37. The number of carbonyl (C=O) groups excluding carboxylic acids is 2. The van der Waals surface area contributed by atoms with Crippen molar-refractivity contribution in [2.45, 2.75) is 0 Å². The maximum atomic E-state index is 13.2. The van der Waals surface area contributed by atoms with Gasteiger partial charge in [-0.25, -0.2) is 9.29 Å². The quantitative estimate of drug-likeness (QED) is 0.669. The highest BCUT2D eigenvalue weighted by Crippen LogP contribution is 2.36. The first-order valence-electron chi connectivity index (χ1n) is 6.44. The first-order chi connectivity index (χ1) is 11.0. The molecule has 0 atom stereocenters. The van der Waals surface area contributed by atoms with Gasteiger partial charge in [0, 0.05) is 5.02 Å². The minimum Gasteiger partial charge on any atom is -0.268 e. The standard InChI is InChI=1S/C16H8Cl2FNO2S/c17-10-3-1-9(2-4-10)7-14-15(21)20(16(22)23-14)11-5-6-13(19)12(18)8-11/h1-8H/b14-7-. The van der Waals surface area contributed by atoms with Crippen molar-refractivity contribution in [2.24, 2.45) is 0 Å². The number of rotatable bonds is 2. The van der Waals surface area contributed by atoms with E-state index in [0.29, 0.717) is 5.02 Å². The topological polar surface area (TPSA) is 37.4 Å². The van der Waals surface area contributed by atoms with Gasteiger partial charge in [-0.3, -0.25) is 9.59 Å².